The Bertz CT molecular complexity index is 921. The lowest BCUT2D eigenvalue weighted by Gasteiger charge is -2.37. The summed E-state index contributed by atoms with van der Waals surface area (Å²) in [6.45, 7) is 16.3. The largest absolute Gasteiger partial charge is 0.508 e. The molecule has 2 aromatic carbocycles. The van der Waals surface area contributed by atoms with Crippen molar-refractivity contribution in [2.45, 2.75) is 71.9 Å². The van der Waals surface area contributed by atoms with E-state index in [9.17, 15) is 14.7 Å². The lowest BCUT2D eigenvalue weighted by Crippen LogP contribution is -2.46. The van der Waals surface area contributed by atoms with Gasteiger partial charge in [-0.3, -0.25) is 0 Å². The minimum absolute atomic E-state index is 0.125. The van der Waals surface area contributed by atoms with Gasteiger partial charge >= 0.3 is 11.9 Å². The van der Waals surface area contributed by atoms with Gasteiger partial charge < -0.3 is 18.7 Å². The van der Waals surface area contributed by atoms with Crippen molar-refractivity contribution in [3.63, 3.8) is 0 Å². The van der Waals surface area contributed by atoms with Gasteiger partial charge in [0.25, 0.3) is 0 Å². The van der Waals surface area contributed by atoms with Crippen molar-refractivity contribution in [3.05, 3.63) is 65.2 Å². The Labute approximate surface area is 224 Å². The highest BCUT2D eigenvalue weighted by atomic mass is 28.4. The molecule has 2 atom stereocenters. The van der Waals surface area contributed by atoms with Gasteiger partial charge in [0.05, 0.1) is 24.3 Å². The number of aromatic hydroxyl groups is 1. The molecule has 0 aliphatic heterocycles. The molecule has 37 heavy (non-hydrogen) atoms. The van der Waals surface area contributed by atoms with Crippen molar-refractivity contribution >= 4 is 28.6 Å². The first kappa shape index (κ1) is 30.8. The number of hydrogen-bond donors (Lipinski definition) is 1. The molecule has 0 bridgehead atoms. The first-order valence-electron chi connectivity index (χ1n) is 13.2. The molecule has 0 saturated carbocycles. The molecule has 0 aromatic heterocycles. The molecule has 8 heteroatoms. The molecule has 0 aliphatic rings. The maximum absolute atomic E-state index is 12.2. The second-order valence-corrected chi connectivity index (χ2v) is 20.2. The summed E-state index contributed by atoms with van der Waals surface area (Å²) >= 11 is 0. The molecule has 204 valence electrons. The Kier molecular flexibility index (Phi) is 11.6. The number of benzene rings is 2. The molecule has 6 nitrogen and oxygen atoms in total. The van der Waals surface area contributed by atoms with Crippen LogP contribution in [-0.2, 0) is 13.6 Å². The summed E-state index contributed by atoms with van der Waals surface area (Å²) in [6.07, 6.45) is 1.61. The van der Waals surface area contributed by atoms with E-state index in [2.05, 4.69) is 40.0 Å². The van der Waals surface area contributed by atoms with Crippen molar-refractivity contribution in [1.82, 2.24) is 0 Å². The molecule has 0 spiro atoms. The Morgan fingerprint density at radius 3 is 1.51 bits per heavy atom. The standard InChI is InChI=1S/C29H44O6Si2/c1-22-8-10-25(11-9-22)28(31)33-18-16-23(2)20-36(4,5)35-37(6,7)21-24(3)17-19-34-29(32)26-12-14-27(30)15-13-26/h8-15,23-24,30H,16-21H2,1-7H3. The van der Waals surface area contributed by atoms with Crippen LogP contribution in [0, 0.1) is 18.8 Å². The Morgan fingerprint density at radius 2 is 1.11 bits per heavy atom. The van der Waals surface area contributed by atoms with E-state index in [1.165, 1.54) is 12.1 Å². The van der Waals surface area contributed by atoms with E-state index < -0.39 is 16.6 Å². The summed E-state index contributed by atoms with van der Waals surface area (Å²) in [5.74, 6) is 0.287. The zero-order chi connectivity index (χ0) is 27.6. The molecule has 2 rings (SSSR count). The number of carbonyl (C=O) groups excluding carboxylic acids is 2. The maximum Gasteiger partial charge on any atom is 0.338 e. The minimum atomic E-state index is -1.91. The number of phenolic OH excluding ortho intramolecular Hbond substituents is 1. The SMILES string of the molecule is Cc1ccc(C(=O)OCCC(C)C[Si](C)(C)O[Si](C)(C)CC(C)CCOC(=O)c2ccc(O)cc2)cc1. The lowest BCUT2D eigenvalue weighted by molar-refractivity contribution is 0.0478. The van der Waals surface area contributed by atoms with E-state index >= 15 is 0 Å². The van der Waals surface area contributed by atoms with Crippen molar-refractivity contribution < 1.29 is 28.3 Å². The zero-order valence-corrected chi connectivity index (χ0v) is 25.5. The number of carbonyl (C=O) groups is 2. The number of hydrogen-bond acceptors (Lipinski definition) is 6. The second-order valence-electron chi connectivity index (χ2n) is 11.5. The van der Waals surface area contributed by atoms with Crippen LogP contribution in [0.15, 0.2) is 48.5 Å². The third-order valence-corrected chi connectivity index (χ3v) is 14.1. The maximum atomic E-state index is 12.2. The molecule has 0 fully saturated rings. The van der Waals surface area contributed by atoms with Gasteiger partial charge in [-0.1, -0.05) is 31.5 Å². The molecule has 0 amide bonds. The van der Waals surface area contributed by atoms with Crippen LogP contribution < -0.4 is 0 Å². The average molecular weight is 545 g/mol. The monoisotopic (exact) mass is 544 g/mol. The van der Waals surface area contributed by atoms with Crippen LogP contribution in [0.25, 0.3) is 0 Å². The highest BCUT2D eigenvalue weighted by Gasteiger charge is 2.35. The smallest absolute Gasteiger partial charge is 0.338 e. The number of phenols is 1. The molecule has 1 N–H and O–H groups in total. The number of ether oxygens (including phenoxy) is 2. The van der Waals surface area contributed by atoms with Crippen LogP contribution in [0.3, 0.4) is 0 Å². The van der Waals surface area contributed by atoms with E-state index in [0.29, 0.717) is 36.2 Å². The van der Waals surface area contributed by atoms with Gasteiger partial charge in [0.15, 0.2) is 16.6 Å². The Morgan fingerprint density at radius 1 is 0.730 bits per heavy atom. The molecule has 2 aromatic rings. The summed E-state index contributed by atoms with van der Waals surface area (Å²) in [7, 11) is -3.80. The van der Waals surface area contributed by atoms with E-state index in [4.69, 9.17) is 13.6 Å². The first-order valence-corrected chi connectivity index (χ1v) is 19.4. The highest BCUT2D eigenvalue weighted by Crippen LogP contribution is 2.29. The van der Waals surface area contributed by atoms with Gasteiger partial charge in [0.2, 0.25) is 0 Å². The van der Waals surface area contributed by atoms with Crippen molar-refractivity contribution in [2.24, 2.45) is 11.8 Å². The molecular weight excluding hydrogens is 500 g/mol. The van der Waals surface area contributed by atoms with Gasteiger partial charge in [-0.25, -0.2) is 9.59 Å². The third-order valence-electron chi connectivity index (χ3n) is 6.31. The predicted molar refractivity (Wildman–Crippen MR) is 153 cm³/mol. The quantitative estimate of drug-likeness (QED) is 0.200. The van der Waals surface area contributed by atoms with E-state index in [1.807, 2.05) is 19.1 Å². The fourth-order valence-electron chi connectivity index (χ4n) is 4.87. The third kappa shape index (κ3) is 11.7. The van der Waals surface area contributed by atoms with Gasteiger partial charge in [-0.15, -0.1) is 0 Å². The van der Waals surface area contributed by atoms with Crippen molar-refractivity contribution in [2.75, 3.05) is 13.2 Å². The van der Waals surface area contributed by atoms with Crippen LogP contribution in [0.2, 0.25) is 38.3 Å². The van der Waals surface area contributed by atoms with Gasteiger partial charge in [0, 0.05) is 0 Å². The van der Waals surface area contributed by atoms with E-state index in [-0.39, 0.29) is 17.7 Å². The molecular formula is C29H44O6Si2. The summed E-state index contributed by atoms with van der Waals surface area (Å²) in [5.41, 5.74) is 2.15. The number of rotatable bonds is 14. The van der Waals surface area contributed by atoms with Gasteiger partial charge in [-0.05, 0) is 106 Å². The molecule has 0 saturated heterocycles. The normalized spacial score (nSPS) is 13.6. The summed E-state index contributed by atoms with van der Waals surface area (Å²) in [5, 5.41) is 9.35. The van der Waals surface area contributed by atoms with Crippen molar-refractivity contribution in [1.29, 1.82) is 0 Å². The number of esters is 2. The first-order chi connectivity index (χ1) is 17.3. The molecule has 0 heterocycles. The Balaban J connectivity index is 1.71. The predicted octanol–water partition coefficient (Wildman–Crippen LogP) is 7.19. The lowest BCUT2D eigenvalue weighted by atomic mass is 10.1. The molecule has 0 radical (unpaired) electrons. The summed E-state index contributed by atoms with van der Waals surface area (Å²) in [6, 6.07) is 15.6. The van der Waals surface area contributed by atoms with Crippen LogP contribution in [-0.4, -0.2) is 46.9 Å². The van der Waals surface area contributed by atoms with E-state index in [1.54, 1.807) is 24.3 Å². The van der Waals surface area contributed by atoms with Crippen molar-refractivity contribution in [3.8, 4) is 5.75 Å². The van der Waals surface area contributed by atoms with Crippen LogP contribution in [0.1, 0.15) is 53.0 Å². The molecule has 2 unspecified atom stereocenters. The Hall–Kier alpha value is -2.43. The van der Waals surface area contributed by atoms with Crippen LogP contribution in [0.4, 0.5) is 0 Å². The minimum Gasteiger partial charge on any atom is -0.508 e. The van der Waals surface area contributed by atoms with Crippen LogP contribution >= 0.6 is 0 Å². The number of aryl methyl sites for hydroxylation is 1. The topological polar surface area (TPSA) is 82.1 Å². The summed E-state index contributed by atoms with van der Waals surface area (Å²) < 4.78 is 17.7. The van der Waals surface area contributed by atoms with Crippen LogP contribution in [0.5, 0.6) is 5.75 Å². The van der Waals surface area contributed by atoms with Gasteiger partial charge in [0.1, 0.15) is 5.75 Å². The zero-order valence-electron chi connectivity index (χ0n) is 23.5. The second kappa shape index (κ2) is 13.9. The fourth-order valence-corrected chi connectivity index (χ4v) is 15.3. The average Bonchev–Trinajstić information content (AvgIpc) is 2.78. The highest BCUT2D eigenvalue weighted by molar-refractivity contribution is 6.84. The van der Waals surface area contributed by atoms with E-state index in [0.717, 1.165) is 30.5 Å². The molecule has 0 aliphatic carbocycles. The summed E-state index contributed by atoms with van der Waals surface area (Å²) in [4.78, 5) is 24.4. The van der Waals surface area contributed by atoms with Gasteiger partial charge in [-0.2, -0.15) is 0 Å². The fraction of sp³-hybridized carbons (Fsp3) is 0.517.